The van der Waals surface area contributed by atoms with Crippen molar-refractivity contribution >= 4 is 5.91 Å². The topological polar surface area (TPSA) is 106 Å². The zero-order chi connectivity index (χ0) is 24.1. The maximum atomic E-state index is 15.6. The van der Waals surface area contributed by atoms with Crippen LogP contribution in [0.1, 0.15) is 27.8 Å². The summed E-state index contributed by atoms with van der Waals surface area (Å²) in [6.07, 6.45) is -4.79. The molecule has 4 unspecified atom stereocenters. The predicted octanol–water partition coefficient (Wildman–Crippen LogP) is 2.52. The normalized spacial score (nSPS) is 22.1. The van der Waals surface area contributed by atoms with E-state index in [1.165, 1.54) is 0 Å². The Hall–Kier alpha value is -3.47. The van der Waals surface area contributed by atoms with Crippen LogP contribution in [0.3, 0.4) is 0 Å². The van der Waals surface area contributed by atoms with Gasteiger partial charge >= 0.3 is 0 Å². The van der Waals surface area contributed by atoms with Gasteiger partial charge in [0.15, 0.2) is 18.1 Å². The number of ether oxygens (including phenoxy) is 3. The van der Waals surface area contributed by atoms with Crippen molar-refractivity contribution in [2.45, 2.75) is 37.8 Å². The lowest BCUT2D eigenvalue weighted by atomic mass is 10.1. The minimum atomic E-state index is -1.87. The summed E-state index contributed by atoms with van der Waals surface area (Å²) in [6, 6.07) is 18.5. The van der Waals surface area contributed by atoms with Crippen LogP contribution in [0.2, 0.25) is 0 Å². The number of halogens is 2. The molecule has 1 aliphatic rings. The fourth-order valence-corrected chi connectivity index (χ4v) is 3.71. The molecule has 0 bridgehead atoms. The molecule has 8 nitrogen and oxygen atoms in total. The van der Waals surface area contributed by atoms with Crippen LogP contribution in [-0.2, 0) is 27.4 Å². The van der Waals surface area contributed by atoms with E-state index < -0.39 is 47.7 Å². The Morgan fingerprint density at radius 2 is 1.68 bits per heavy atom. The number of rotatable bonds is 9. The first-order valence-electron chi connectivity index (χ1n) is 10.6. The van der Waals surface area contributed by atoms with Crippen LogP contribution >= 0.6 is 0 Å². The fraction of sp³-hybridized carbons (Fsp3) is 0.292. The number of carbonyl (C=O) groups excluding carboxylic acids is 1. The highest BCUT2D eigenvalue weighted by Crippen LogP contribution is 2.34. The van der Waals surface area contributed by atoms with Gasteiger partial charge < -0.3 is 19.9 Å². The van der Waals surface area contributed by atoms with Crippen LogP contribution in [-0.4, -0.2) is 40.4 Å². The van der Waals surface area contributed by atoms with E-state index in [4.69, 9.17) is 19.9 Å². The largest absolute Gasteiger partial charge is 0.374 e. The molecule has 1 aromatic heterocycles. The molecule has 1 fully saturated rings. The Kier molecular flexibility index (Phi) is 7.41. The molecule has 4 atom stereocenters. The molecular weight excluding hydrogens is 448 g/mol. The van der Waals surface area contributed by atoms with Crippen LogP contribution in [0, 0.1) is 5.95 Å². The standard InChI is InChI=1S/C24H23F2N3O5/c25-18-11-29(23(31)20(28-18)22(27)30)24-19(26)21(33-13-16-9-5-2-6-10-16)17(34-24)14-32-12-15-7-3-1-4-8-15/h1-11,17,19,21,24H,12-14H2,(H2,27,30). The Labute approximate surface area is 193 Å². The summed E-state index contributed by atoms with van der Waals surface area (Å²) in [4.78, 5) is 27.3. The number of primary amides is 1. The van der Waals surface area contributed by atoms with Crippen molar-refractivity contribution in [2.24, 2.45) is 5.73 Å². The zero-order valence-corrected chi connectivity index (χ0v) is 18.1. The molecular formula is C24H23F2N3O5. The number of nitrogens with two attached hydrogens (primary N) is 1. The van der Waals surface area contributed by atoms with Gasteiger partial charge in [-0.2, -0.15) is 4.39 Å². The van der Waals surface area contributed by atoms with Crippen molar-refractivity contribution in [1.29, 1.82) is 0 Å². The van der Waals surface area contributed by atoms with Gasteiger partial charge in [-0.15, -0.1) is 0 Å². The summed E-state index contributed by atoms with van der Waals surface area (Å²) < 4.78 is 47.5. The van der Waals surface area contributed by atoms with Crippen LogP contribution in [0.5, 0.6) is 0 Å². The summed E-state index contributed by atoms with van der Waals surface area (Å²) in [5, 5.41) is 0. The number of carbonyl (C=O) groups is 1. The molecule has 1 saturated heterocycles. The van der Waals surface area contributed by atoms with Crippen molar-refractivity contribution in [2.75, 3.05) is 6.61 Å². The first-order valence-corrected chi connectivity index (χ1v) is 10.6. The number of amides is 1. The van der Waals surface area contributed by atoms with Gasteiger partial charge in [-0.1, -0.05) is 60.7 Å². The maximum absolute atomic E-state index is 15.6. The number of alkyl halides is 1. The van der Waals surface area contributed by atoms with Crippen LogP contribution in [0.25, 0.3) is 0 Å². The third-order valence-corrected chi connectivity index (χ3v) is 5.35. The summed E-state index contributed by atoms with van der Waals surface area (Å²) in [5.74, 6) is -2.40. The molecule has 2 N–H and O–H groups in total. The third-order valence-electron chi connectivity index (χ3n) is 5.35. The Morgan fingerprint density at radius 3 is 2.29 bits per heavy atom. The van der Waals surface area contributed by atoms with Crippen LogP contribution < -0.4 is 11.3 Å². The van der Waals surface area contributed by atoms with E-state index in [0.717, 1.165) is 11.1 Å². The van der Waals surface area contributed by atoms with Gasteiger partial charge in [0, 0.05) is 0 Å². The molecule has 178 valence electrons. The van der Waals surface area contributed by atoms with Gasteiger partial charge in [0.05, 0.1) is 26.0 Å². The molecule has 10 heteroatoms. The molecule has 0 saturated carbocycles. The average molecular weight is 471 g/mol. The van der Waals surface area contributed by atoms with Crippen LogP contribution in [0.4, 0.5) is 8.78 Å². The van der Waals surface area contributed by atoms with E-state index in [1.807, 2.05) is 60.7 Å². The van der Waals surface area contributed by atoms with E-state index in [2.05, 4.69) is 4.98 Å². The second-order valence-electron chi connectivity index (χ2n) is 7.76. The predicted molar refractivity (Wildman–Crippen MR) is 117 cm³/mol. The highest BCUT2D eigenvalue weighted by molar-refractivity contribution is 5.90. The highest BCUT2D eigenvalue weighted by Gasteiger charge is 2.47. The van der Waals surface area contributed by atoms with Crippen molar-refractivity contribution in [3.05, 3.63) is 100.0 Å². The minimum absolute atomic E-state index is 0.0454. The number of hydrogen-bond donors (Lipinski definition) is 1. The minimum Gasteiger partial charge on any atom is -0.374 e. The molecule has 34 heavy (non-hydrogen) atoms. The van der Waals surface area contributed by atoms with Crippen molar-refractivity contribution in [1.82, 2.24) is 9.55 Å². The lowest BCUT2D eigenvalue weighted by Gasteiger charge is -2.20. The van der Waals surface area contributed by atoms with Crippen molar-refractivity contribution in [3.63, 3.8) is 0 Å². The van der Waals surface area contributed by atoms with E-state index in [1.54, 1.807) is 0 Å². The first kappa shape index (κ1) is 23.7. The molecule has 0 radical (unpaired) electrons. The monoisotopic (exact) mass is 471 g/mol. The fourth-order valence-electron chi connectivity index (χ4n) is 3.71. The second kappa shape index (κ2) is 10.6. The molecule has 4 rings (SSSR count). The number of hydrogen-bond acceptors (Lipinski definition) is 6. The molecule has 2 heterocycles. The van der Waals surface area contributed by atoms with E-state index in [0.29, 0.717) is 10.8 Å². The zero-order valence-electron chi connectivity index (χ0n) is 18.1. The molecule has 3 aromatic rings. The lowest BCUT2D eigenvalue weighted by Crippen LogP contribution is -2.38. The van der Waals surface area contributed by atoms with Crippen LogP contribution in [0.15, 0.2) is 71.7 Å². The van der Waals surface area contributed by atoms with E-state index >= 15 is 4.39 Å². The van der Waals surface area contributed by atoms with Gasteiger partial charge in [-0.25, -0.2) is 9.37 Å². The molecule has 1 aliphatic heterocycles. The summed E-state index contributed by atoms with van der Waals surface area (Å²) in [7, 11) is 0. The van der Waals surface area contributed by atoms with Crippen molar-refractivity contribution < 1.29 is 27.8 Å². The number of aromatic nitrogens is 2. The Bertz CT molecular complexity index is 1180. The average Bonchev–Trinajstić information content (AvgIpc) is 3.15. The molecule has 2 aromatic carbocycles. The summed E-state index contributed by atoms with van der Waals surface area (Å²) in [5.41, 5.74) is 4.93. The Morgan fingerprint density at radius 1 is 1.06 bits per heavy atom. The van der Waals surface area contributed by atoms with Crippen molar-refractivity contribution in [3.8, 4) is 0 Å². The molecule has 0 spiro atoms. The van der Waals surface area contributed by atoms with E-state index in [-0.39, 0.29) is 19.8 Å². The quantitative estimate of drug-likeness (QED) is 0.514. The lowest BCUT2D eigenvalue weighted by molar-refractivity contribution is -0.0832. The van der Waals surface area contributed by atoms with Gasteiger partial charge in [0.25, 0.3) is 11.5 Å². The molecule has 0 aliphatic carbocycles. The Balaban J connectivity index is 1.55. The van der Waals surface area contributed by atoms with Gasteiger partial charge in [-0.3, -0.25) is 14.2 Å². The van der Waals surface area contributed by atoms with E-state index in [9.17, 15) is 14.0 Å². The smallest absolute Gasteiger partial charge is 0.284 e. The first-order chi connectivity index (χ1) is 16.4. The van der Waals surface area contributed by atoms with Gasteiger partial charge in [0.1, 0.15) is 12.2 Å². The third kappa shape index (κ3) is 5.36. The number of benzene rings is 2. The van der Waals surface area contributed by atoms with Gasteiger partial charge in [0.2, 0.25) is 5.95 Å². The van der Waals surface area contributed by atoms with Gasteiger partial charge in [-0.05, 0) is 11.1 Å². The summed E-state index contributed by atoms with van der Waals surface area (Å²) in [6.45, 7) is 0.295. The number of nitrogens with zero attached hydrogens (tertiary/aromatic N) is 2. The second-order valence-corrected chi connectivity index (χ2v) is 7.76. The summed E-state index contributed by atoms with van der Waals surface area (Å²) >= 11 is 0. The highest BCUT2D eigenvalue weighted by atomic mass is 19.1. The maximum Gasteiger partial charge on any atom is 0.284 e. The SMILES string of the molecule is NC(=O)c1nc(F)cn(C2OC(COCc3ccccc3)C(OCc3ccccc3)C2F)c1=O. The molecule has 1 amide bonds.